The minimum absolute atomic E-state index is 0.0928. The molecule has 0 saturated carbocycles. The van der Waals surface area contributed by atoms with Crippen LogP contribution in [0.15, 0.2) is 48.7 Å². The standard InChI is InChI=1S/C25H24ClF2N3O5/c1-25(28)9-22(36-24(35)29-10-15-5-4-7-18(26)23(15)27)31(14-25)21(34)12-30-11-17(20(33)13-32)16-6-2-3-8-19(16)30/h2-8,11,22,32H,9-10,12-14H2,1H3,(H,29,35)/t22-,25+/m0/s1. The van der Waals surface area contributed by atoms with Crippen molar-refractivity contribution in [2.24, 2.45) is 0 Å². The van der Waals surface area contributed by atoms with Gasteiger partial charge in [-0.2, -0.15) is 0 Å². The number of aromatic nitrogens is 1. The number of ketones is 1. The third-order valence-electron chi connectivity index (χ3n) is 6.00. The van der Waals surface area contributed by atoms with Crippen molar-refractivity contribution >= 4 is 40.3 Å². The van der Waals surface area contributed by atoms with Crippen LogP contribution in [-0.2, 0) is 22.6 Å². The molecule has 2 heterocycles. The van der Waals surface area contributed by atoms with Gasteiger partial charge in [0.25, 0.3) is 0 Å². The molecule has 11 heteroatoms. The molecule has 190 valence electrons. The second kappa shape index (κ2) is 10.2. The van der Waals surface area contributed by atoms with E-state index in [4.69, 9.17) is 16.3 Å². The van der Waals surface area contributed by atoms with E-state index >= 15 is 0 Å². The molecule has 0 unspecified atom stereocenters. The minimum Gasteiger partial charge on any atom is -0.425 e. The molecule has 2 N–H and O–H groups in total. The fourth-order valence-electron chi connectivity index (χ4n) is 4.29. The first-order valence-corrected chi connectivity index (χ1v) is 11.5. The molecule has 0 bridgehead atoms. The third kappa shape index (κ3) is 5.34. The zero-order valence-corrected chi connectivity index (χ0v) is 20.1. The van der Waals surface area contributed by atoms with Gasteiger partial charge in [0.2, 0.25) is 5.91 Å². The topological polar surface area (TPSA) is 101 Å². The van der Waals surface area contributed by atoms with E-state index in [9.17, 15) is 28.3 Å². The van der Waals surface area contributed by atoms with Gasteiger partial charge in [0.1, 0.15) is 24.6 Å². The highest BCUT2D eigenvalue weighted by molar-refractivity contribution is 6.30. The van der Waals surface area contributed by atoms with Crippen LogP contribution < -0.4 is 5.32 Å². The summed E-state index contributed by atoms with van der Waals surface area (Å²) in [6.45, 7) is -0.133. The van der Waals surface area contributed by atoms with E-state index in [0.29, 0.717) is 10.9 Å². The number of hydrogen-bond acceptors (Lipinski definition) is 5. The number of hydrogen-bond donors (Lipinski definition) is 2. The van der Waals surface area contributed by atoms with E-state index in [1.54, 1.807) is 24.3 Å². The van der Waals surface area contributed by atoms with Gasteiger partial charge in [-0.05, 0) is 19.1 Å². The molecule has 36 heavy (non-hydrogen) atoms. The molecule has 0 spiro atoms. The molecule has 1 aliphatic rings. The summed E-state index contributed by atoms with van der Waals surface area (Å²) in [5.74, 6) is -1.70. The smallest absolute Gasteiger partial charge is 0.409 e. The average molecular weight is 520 g/mol. The van der Waals surface area contributed by atoms with Crippen LogP contribution in [0, 0.1) is 5.82 Å². The van der Waals surface area contributed by atoms with Crippen molar-refractivity contribution in [1.29, 1.82) is 0 Å². The summed E-state index contributed by atoms with van der Waals surface area (Å²) in [5.41, 5.74) is -0.806. The second-order valence-electron chi connectivity index (χ2n) is 8.83. The lowest BCUT2D eigenvalue weighted by Crippen LogP contribution is -2.42. The average Bonchev–Trinajstić information content (AvgIpc) is 3.36. The molecule has 1 aliphatic heterocycles. The van der Waals surface area contributed by atoms with Gasteiger partial charge in [0.05, 0.1) is 11.6 Å². The number of alkyl carbamates (subject to hydrolysis) is 1. The molecule has 4 rings (SSSR count). The lowest BCUT2D eigenvalue weighted by atomic mass is 10.1. The number of benzene rings is 2. The molecule has 1 aromatic heterocycles. The van der Waals surface area contributed by atoms with Gasteiger partial charge in [-0.25, -0.2) is 13.6 Å². The number of halogens is 3. The number of para-hydroxylation sites is 1. The first-order chi connectivity index (χ1) is 17.1. The number of likely N-dealkylation sites (tertiary alicyclic amines) is 1. The molecule has 2 atom stereocenters. The summed E-state index contributed by atoms with van der Waals surface area (Å²) in [4.78, 5) is 38.8. The van der Waals surface area contributed by atoms with Gasteiger partial charge < -0.3 is 24.6 Å². The Morgan fingerprint density at radius 2 is 1.97 bits per heavy atom. The Balaban J connectivity index is 1.47. The fourth-order valence-corrected chi connectivity index (χ4v) is 4.48. The maximum absolute atomic E-state index is 14.9. The van der Waals surface area contributed by atoms with Crippen LogP contribution >= 0.6 is 11.6 Å². The quantitative estimate of drug-likeness (QED) is 0.462. The first kappa shape index (κ1) is 25.6. The van der Waals surface area contributed by atoms with Crippen molar-refractivity contribution in [3.05, 3.63) is 70.6 Å². The van der Waals surface area contributed by atoms with Crippen LogP contribution in [-0.4, -0.2) is 57.4 Å². The van der Waals surface area contributed by atoms with Crippen LogP contribution in [0.1, 0.15) is 29.3 Å². The highest BCUT2D eigenvalue weighted by atomic mass is 35.5. The lowest BCUT2D eigenvalue weighted by Gasteiger charge is -2.24. The molecule has 1 saturated heterocycles. The zero-order chi connectivity index (χ0) is 26.0. The van der Waals surface area contributed by atoms with E-state index in [2.05, 4.69) is 5.32 Å². The Bertz CT molecular complexity index is 1330. The Morgan fingerprint density at radius 1 is 1.22 bits per heavy atom. The molecular formula is C25H24ClF2N3O5. The summed E-state index contributed by atoms with van der Waals surface area (Å²) in [6.07, 6.45) is -0.902. The summed E-state index contributed by atoms with van der Waals surface area (Å²) in [6, 6.07) is 11.2. The Labute approximate surface area is 210 Å². The molecule has 0 aliphatic carbocycles. The Hall–Kier alpha value is -3.50. The molecule has 2 aromatic carbocycles. The number of fused-ring (bicyclic) bond motifs is 1. The number of carbonyl (C=O) groups excluding carboxylic acids is 3. The van der Waals surface area contributed by atoms with E-state index < -0.39 is 42.1 Å². The van der Waals surface area contributed by atoms with Crippen molar-refractivity contribution in [3.63, 3.8) is 0 Å². The van der Waals surface area contributed by atoms with Crippen molar-refractivity contribution in [1.82, 2.24) is 14.8 Å². The number of amides is 2. The number of aliphatic hydroxyl groups excluding tert-OH is 1. The number of nitrogens with one attached hydrogen (secondary N) is 1. The number of alkyl halides is 1. The summed E-state index contributed by atoms with van der Waals surface area (Å²) in [7, 11) is 0. The van der Waals surface area contributed by atoms with Gasteiger partial charge in [-0.15, -0.1) is 0 Å². The van der Waals surface area contributed by atoms with Crippen LogP contribution in [0.4, 0.5) is 13.6 Å². The van der Waals surface area contributed by atoms with Crippen molar-refractivity contribution < 1.29 is 33.0 Å². The monoisotopic (exact) mass is 519 g/mol. The van der Waals surface area contributed by atoms with Crippen molar-refractivity contribution in [3.8, 4) is 0 Å². The van der Waals surface area contributed by atoms with Crippen LogP contribution in [0.2, 0.25) is 5.02 Å². The second-order valence-corrected chi connectivity index (χ2v) is 9.24. The molecule has 2 amide bonds. The molecule has 8 nitrogen and oxygen atoms in total. The van der Waals surface area contributed by atoms with Gasteiger partial charge in [-0.3, -0.25) is 9.59 Å². The highest BCUT2D eigenvalue weighted by Gasteiger charge is 2.45. The Morgan fingerprint density at radius 3 is 2.72 bits per heavy atom. The predicted octanol–water partition coefficient (Wildman–Crippen LogP) is 3.82. The highest BCUT2D eigenvalue weighted by Crippen LogP contribution is 2.32. The van der Waals surface area contributed by atoms with Crippen LogP contribution in [0.5, 0.6) is 0 Å². The molecule has 0 radical (unpaired) electrons. The van der Waals surface area contributed by atoms with E-state index in [1.807, 2.05) is 0 Å². The van der Waals surface area contributed by atoms with E-state index in [0.717, 1.165) is 4.90 Å². The third-order valence-corrected chi connectivity index (χ3v) is 6.30. The SMILES string of the molecule is C[C@@]1(F)C[C@H](OC(=O)NCc2cccc(Cl)c2F)N(C(=O)Cn2cc(C(=O)CO)c3ccccc32)C1. The fraction of sp³-hybridized carbons (Fsp3) is 0.320. The summed E-state index contributed by atoms with van der Waals surface area (Å²) < 4.78 is 35.8. The van der Waals surface area contributed by atoms with Gasteiger partial charge in [0.15, 0.2) is 12.0 Å². The van der Waals surface area contributed by atoms with Crippen LogP contribution in [0.25, 0.3) is 10.9 Å². The summed E-state index contributed by atoms with van der Waals surface area (Å²) >= 11 is 5.74. The minimum atomic E-state index is -1.80. The van der Waals surface area contributed by atoms with Gasteiger partial charge in [-0.1, -0.05) is 41.9 Å². The molecule has 3 aromatic rings. The van der Waals surface area contributed by atoms with Crippen LogP contribution in [0.3, 0.4) is 0 Å². The first-order valence-electron chi connectivity index (χ1n) is 11.2. The molecule has 1 fully saturated rings. The predicted molar refractivity (Wildman–Crippen MR) is 128 cm³/mol. The number of Topliss-reactive ketones (excluding diaryl/α,β-unsaturated/α-hetero) is 1. The number of ether oxygens (including phenoxy) is 1. The number of carbonyl (C=O) groups is 3. The summed E-state index contributed by atoms with van der Waals surface area (Å²) in [5, 5.41) is 12.1. The van der Waals surface area contributed by atoms with E-state index in [1.165, 1.54) is 35.9 Å². The maximum Gasteiger partial charge on any atom is 0.409 e. The maximum atomic E-state index is 14.9. The lowest BCUT2D eigenvalue weighted by molar-refractivity contribution is -0.138. The van der Waals surface area contributed by atoms with Crippen molar-refractivity contribution in [2.75, 3.05) is 13.2 Å². The largest absolute Gasteiger partial charge is 0.425 e. The van der Waals surface area contributed by atoms with Gasteiger partial charge >= 0.3 is 6.09 Å². The number of nitrogens with zero attached hydrogens (tertiary/aromatic N) is 2. The van der Waals surface area contributed by atoms with Crippen molar-refractivity contribution in [2.45, 2.75) is 38.3 Å². The Kier molecular flexibility index (Phi) is 7.28. The van der Waals surface area contributed by atoms with Gasteiger partial charge in [0, 0.05) is 41.2 Å². The van der Waals surface area contributed by atoms with E-state index in [-0.39, 0.29) is 42.2 Å². The normalized spacial score (nSPS) is 19.5. The number of rotatable bonds is 7. The zero-order valence-electron chi connectivity index (χ0n) is 19.3. The number of aliphatic hydroxyl groups is 1. The molecular weight excluding hydrogens is 496 g/mol.